The van der Waals surface area contributed by atoms with Crippen LogP contribution >= 0.6 is 0 Å². The summed E-state index contributed by atoms with van der Waals surface area (Å²) in [5, 5.41) is 8.01. The number of nitrogens with one attached hydrogen (secondary N) is 1. The van der Waals surface area contributed by atoms with Crippen LogP contribution in [-0.2, 0) is 19.4 Å². The second kappa shape index (κ2) is 7.98. The third-order valence-corrected chi connectivity index (χ3v) is 12.6. The molecule has 3 heteroatoms. The summed E-state index contributed by atoms with van der Waals surface area (Å²) < 4.78 is 1.47. The van der Waals surface area contributed by atoms with Crippen molar-refractivity contribution >= 4 is 27.3 Å². The Balaban J connectivity index is 2.35. The van der Waals surface area contributed by atoms with E-state index in [4.69, 9.17) is 0 Å². The van der Waals surface area contributed by atoms with Crippen molar-refractivity contribution in [2.24, 2.45) is 0 Å². The molecule has 0 atom stereocenters. The fourth-order valence-corrected chi connectivity index (χ4v) is 11.9. The van der Waals surface area contributed by atoms with Crippen molar-refractivity contribution in [3.05, 3.63) is 91.0 Å². The zero-order chi connectivity index (χ0) is 16.8. The summed E-state index contributed by atoms with van der Waals surface area (Å²) >= 11 is 1.52. The van der Waals surface area contributed by atoms with Crippen molar-refractivity contribution in [2.45, 2.75) is 6.92 Å². The Hall–Kier alpha value is -1.60. The van der Waals surface area contributed by atoms with E-state index in [0.717, 1.165) is 6.54 Å². The summed E-state index contributed by atoms with van der Waals surface area (Å²) in [6.45, 7) is 3.14. The van der Waals surface area contributed by atoms with E-state index in [1.54, 1.807) is 0 Å². The minimum absolute atomic E-state index is 0.958. The van der Waals surface area contributed by atoms with Gasteiger partial charge >= 0.3 is 156 Å². The number of benzene rings is 3. The summed E-state index contributed by atoms with van der Waals surface area (Å²) in [5.74, 6) is 0. The zero-order valence-electron chi connectivity index (χ0n) is 13.8. The molecule has 0 saturated carbocycles. The van der Waals surface area contributed by atoms with Gasteiger partial charge in [-0.25, -0.2) is 0 Å². The molecular formula is C21H21NSiW. The third-order valence-electron chi connectivity index (χ3n) is 4.30. The van der Waals surface area contributed by atoms with Gasteiger partial charge in [0.05, 0.1) is 0 Å². The van der Waals surface area contributed by atoms with Crippen LogP contribution in [0.15, 0.2) is 91.0 Å². The molecule has 0 fully saturated rings. The van der Waals surface area contributed by atoms with Gasteiger partial charge in [0.2, 0.25) is 0 Å². The first kappa shape index (κ1) is 17.2. The molecular weight excluding hydrogens is 478 g/mol. The fourth-order valence-electron chi connectivity index (χ4n) is 3.25. The van der Waals surface area contributed by atoms with Crippen LogP contribution in [0.1, 0.15) is 6.92 Å². The van der Waals surface area contributed by atoms with Gasteiger partial charge in [0.25, 0.3) is 0 Å². The van der Waals surface area contributed by atoms with Gasteiger partial charge < -0.3 is 0 Å². The van der Waals surface area contributed by atoms with Crippen LogP contribution in [0.5, 0.6) is 0 Å². The molecule has 0 aliphatic heterocycles. The van der Waals surface area contributed by atoms with E-state index < -0.39 is 8.07 Å². The van der Waals surface area contributed by atoms with Crippen molar-refractivity contribution in [1.82, 2.24) is 5.32 Å². The maximum atomic E-state index is 3.70. The molecule has 24 heavy (non-hydrogen) atoms. The van der Waals surface area contributed by atoms with Crippen molar-refractivity contribution < 1.29 is 19.4 Å². The molecule has 0 saturated heterocycles. The Bertz CT molecular complexity index is 691. The molecule has 3 aromatic rings. The van der Waals surface area contributed by atoms with E-state index in [-0.39, 0.29) is 0 Å². The molecule has 0 spiro atoms. The van der Waals surface area contributed by atoms with E-state index in [1.165, 1.54) is 38.6 Å². The predicted octanol–water partition coefficient (Wildman–Crippen LogP) is 1.98. The first-order chi connectivity index (χ1) is 11.8. The van der Waals surface area contributed by atoms with E-state index in [1.807, 2.05) is 0 Å². The first-order valence-corrected chi connectivity index (χ1v) is 11.7. The minimum atomic E-state index is -2.21. The molecule has 0 heterocycles. The fraction of sp³-hybridized carbons (Fsp3) is 0.0952. The molecule has 0 amide bonds. The van der Waals surface area contributed by atoms with E-state index in [9.17, 15) is 0 Å². The Kier molecular flexibility index (Phi) is 5.73. The number of hydrogen-bond acceptors (Lipinski definition) is 1. The first-order valence-electron chi connectivity index (χ1n) is 8.25. The van der Waals surface area contributed by atoms with Crippen LogP contribution in [0.2, 0.25) is 0 Å². The molecule has 0 aliphatic carbocycles. The van der Waals surface area contributed by atoms with Gasteiger partial charge in [-0.2, -0.15) is 0 Å². The Morgan fingerprint density at radius 1 is 0.708 bits per heavy atom. The van der Waals surface area contributed by atoms with Crippen molar-refractivity contribution in [2.75, 3.05) is 6.54 Å². The Morgan fingerprint density at radius 2 is 1.04 bits per heavy atom. The number of hydrogen-bond donors (Lipinski definition) is 1. The van der Waals surface area contributed by atoms with Crippen molar-refractivity contribution in [3.8, 4) is 0 Å². The molecule has 0 aromatic heterocycles. The maximum absolute atomic E-state index is 3.70. The Morgan fingerprint density at radius 3 is 1.33 bits per heavy atom. The van der Waals surface area contributed by atoms with Gasteiger partial charge in [0, 0.05) is 0 Å². The molecule has 1 N–H and O–H groups in total. The summed E-state index contributed by atoms with van der Waals surface area (Å²) in [7, 11) is -2.21. The second-order valence-corrected chi connectivity index (χ2v) is 12.3. The van der Waals surface area contributed by atoms with Crippen LogP contribution in [0.4, 0.5) is 0 Å². The molecule has 1 nitrogen and oxygen atoms in total. The standard InChI is InChI=1S/C21H21NSi.W/c1-2-22-18-23(19-12-6-3-7-13-19,20-14-8-4-9-15-20)21-16-10-5-11-17-21;/h3-17,22H,2H2,1H3;. The quantitative estimate of drug-likeness (QED) is 0.404. The van der Waals surface area contributed by atoms with Gasteiger partial charge in [-0.05, 0) is 0 Å². The number of rotatable bonds is 6. The van der Waals surface area contributed by atoms with Crippen LogP contribution in [-0.4, -0.2) is 18.3 Å². The van der Waals surface area contributed by atoms with E-state index in [2.05, 4.69) is 103 Å². The van der Waals surface area contributed by atoms with Crippen LogP contribution in [0.3, 0.4) is 0 Å². The van der Waals surface area contributed by atoms with Gasteiger partial charge in [0.1, 0.15) is 0 Å². The van der Waals surface area contributed by atoms with Crippen LogP contribution < -0.4 is 20.9 Å². The van der Waals surface area contributed by atoms with Gasteiger partial charge in [0.15, 0.2) is 0 Å². The van der Waals surface area contributed by atoms with Gasteiger partial charge in [-0.3, -0.25) is 0 Å². The summed E-state index contributed by atoms with van der Waals surface area (Å²) in [6, 6.07) is 33.1. The Labute approximate surface area is 156 Å². The van der Waals surface area contributed by atoms with Gasteiger partial charge in [-0.15, -0.1) is 0 Å². The molecule has 3 aromatic carbocycles. The molecule has 3 rings (SSSR count). The SMILES string of the molecule is CCN[C](=[W])[Si](c1ccccc1)(c1ccccc1)c1ccccc1. The summed E-state index contributed by atoms with van der Waals surface area (Å²) in [6.07, 6.45) is 0. The average Bonchev–Trinajstić information content (AvgIpc) is 2.65. The molecule has 0 unspecified atom stereocenters. The summed E-state index contributed by atoms with van der Waals surface area (Å²) in [4.78, 5) is 0. The van der Waals surface area contributed by atoms with Crippen LogP contribution in [0.25, 0.3) is 0 Å². The van der Waals surface area contributed by atoms with Crippen molar-refractivity contribution in [1.29, 1.82) is 0 Å². The average molecular weight is 499 g/mol. The topological polar surface area (TPSA) is 12.0 Å². The van der Waals surface area contributed by atoms with E-state index >= 15 is 0 Å². The monoisotopic (exact) mass is 499 g/mol. The molecule has 0 bridgehead atoms. The normalized spacial score (nSPS) is 11.2. The predicted molar refractivity (Wildman–Crippen MR) is 103 cm³/mol. The zero-order valence-corrected chi connectivity index (χ0v) is 17.7. The second-order valence-electron chi connectivity index (χ2n) is 5.71. The van der Waals surface area contributed by atoms with E-state index in [0.29, 0.717) is 0 Å². The molecule has 120 valence electrons. The van der Waals surface area contributed by atoms with Gasteiger partial charge in [-0.1, -0.05) is 0 Å². The summed E-state index contributed by atoms with van der Waals surface area (Å²) in [5.41, 5.74) is 0. The molecule has 0 radical (unpaired) electrons. The third kappa shape index (κ3) is 3.14. The molecule has 0 aliphatic rings. The van der Waals surface area contributed by atoms with Crippen LogP contribution in [0, 0.1) is 0 Å². The van der Waals surface area contributed by atoms with Crippen molar-refractivity contribution in [3.63, 3.8) is 0 Å².